The number of carbonyl (C=O) groups excluding carboxylic acids is 1. The van der Waals surface area contributed by atoms with Crippen LogP contribution in [0.2, 0.25) is 0 Å². The lowest BCUT2D eigenvalue weighted by Gasteiger charge is -2.28. The Labute approximate surface area is 136 Å². The van der Waals surface area contributed by atoms with Gasteiger partial charge in [-0.15, -0.1) is 0 Å². The Morgan fingerprint density at radius 2 is 1.83 bits per heavy atom. The van der Waals surface area contributed by atoms with Gasteiger partial charge < -0.3 is 4.90 Å². The highest BCUT2D eigenvalue weighted by Gasteiger charge is 2.31. The fourth-order valence-corrected chi connectivity index (χ4v) is 3.95. The second-order valence-corrected chi connectivity index (χ2v) is 7.54. The van der Waals surface area contributed by atoms with Crippen LogP contribution in [0.15, 0.2) is 66.1 Å². The van der Waals surface area contributed by atoms with Gasteiger partial charge in [0, 0.05) is 16.7 Å². The molecule has 2 aromatic carbocycles. The minimum Gasteiger partial charge on any atom is -0.300 e. The first-order chi connectivity index (χ1) is 11.0. The molecule has 0 aromatic heterocycles. The Bertz CT molecular complexity index is 857. The molecule has 0 aliphatic carbocycles. The van der Waals surface area contributed by atoms with E-state index >= 15 is 0 Å². The number of nitrogens with zero attached hydrogens (tertiary/aromatic N) is 1. The van der Waals surface area contributed by atoms with E-state index in [1.165, 1.54) is 5.41 Å². The molecule has 0 bridgehead atoms. The third-order valence-corrected chi connectivity index (χ3v) is 5.14. The molecule has 5 heteroatoms. The monoisotopic (exact) mass is 327 g/mol. The molecule has 1 atom stereocenters. The fourth-order valence-electron chi connectivity index (χ4n) is 2.68. The highest BCUT2D eigenvalue weighted by atomic mass is 32.2. The van der Waals surface area contributed by atoms with Crippen molar-refractivity contribution in [3.8, 4) is 0 Å². The van der Waals surface area contributed by atoms with Crippen LogP contribution in [0.25, 0.3) is 0 Å². The van der Waals surface area contributed by atoms with E-state index in [-0.39, 0.29) is 11.7 Å². The summed E-state index contributed by atoms with van der Waals surface area (Å²) >= 11 is 0. The van der Waals surface area contributed by atoms with Gasteiger partial charge in [0.05, 0.1) is 11.8 Å². The van der Waals surface area contributed by atoms with E-state index in [4.69, 9.17) is 0 Å². The largest absolute Gasteiger partial charge is 0.300 e. The smallest absolute Gasteiger partial charge is 0.258 e. The Morgan fingerprint density at radius 3 is 2.43 bits per heavy atom. The van der Waals surface area contributed by atoms with Gasteiger partial charge in [-0.05, 0) is 42.8 Å². The van der Waals surface area contributed by atoms with Crippen molar-refractivity contribution in [1.29, 1.82) is 0 Å². The molecule has 0 saturated carbocycles. The molecule has 4 nitrogen and oxygen atoms in total. The number of carbonyl (C=O) groups is 1. The molecular formula is C18H17NO3S. The van der Waals surface area contributed by atoms with Crippen LogP contribution < -0.4 is 4.90 Å². The van der Waals surface area contributed by atoms with Crippen molar-refractivity contribution < 1.29 is 13.2 Å². The van der Waals surface area contributed by atoms with Gasteiger partial charge in [-0.1, -0.05) is 30.3 Å². The van der Waals surface area contributed by atoms with Crippen molar-refractivity contribution in [2.75, 3.05) is 10.7 Å². The second-order valence-electron chi connectivity index (χ2n) is 5.61. The van der Waals surface area contributed by atoms with Crippen LogP contribution in [-0.4, -0.2) is 26.1 Å². The highest BCUT2D eigenvalue weighted by molar-refractivity contribution is 7.94. The summed E-state index contributed by atoms with van der Waals surface area (Å²) in [6, 6.07) is 15.9. The van der Waals surface area contributed by atoms with Gasteiger partial charge in [-0.2, -0.15) is 0 Å². The summed E-state index contributed by atoms with van der Waals surface area (Å²) in [7, 11) is -3.25. The van der Waals surface area contributed by atoms with Crippen LogP contribution in [0, 0.1) is 6.92 Å². The molecule has 1 amide bonds. The molecule has 0 unspecified atom stereocenters. The first-order valence-corrected chi connectivity index (χ1v) is 9.04. The van der Waals surface area contributed by atoms with Crippen molar-refractivity contribution >= 4 is 21.4 Å². The summed E-state index contributed by atoms with van der Waals surface area (Å²) in [6.45, 7) is 1.94. The lowest BCUT2D eigenvalue weighted by molar-refractivity contribution is 0.0983. The van der Waals surface area contributed by atoms with Crippen LogP contribution in [0.4, 0.5) is 5.69 Å². The van der Waals surface area contributed by atoms with E-state index in [9.17, 15) is 13.2 Å². The third kappa shape index (κ3) is 3.35. The topological polar surface area (TPSA) is 54.5 Å². The average molecular weight is 327 g/mol. The summed E-state index contributed by atoms with van der Waals surface area (Å²) in [5, 5.41) is 1.19. The SMILES string of the molecule is Cc1cccc(N(C(=O)c2ccccc2)[C@@H]2C=CS(=O)(=O)C2)c1. The predicted octanol–water partition coefficient (Wildman–Crippen LogP) is 2.95. The Kier molecular flexibility index (Phi) is 4.05. The first kappa shape index (κ1) is 15.5. The summed E-state index contributed by atoms with van der Waals surface area (Å²) in [6.07, 6.45) is 1.58. The van der Waals surface area contributed by atoms with E-state index in [2.05, 4.69) is 0 Å². The minimum absolute atomic E-state index is 0.0838. The van der Waals surface area contributed by atoms with E-state index in [1.807, 2.05) is 37.3 Å². The highest BCUT2D eigenvalue weighted by Crippen LogP contribution is 2.25. The zero-order valence-electron chi connectivity index (χ0n) is 12.7. The van der Waals surface area contributed by atoms with Crippen molar-refractivity contribution in [2.24, 2.45) is 0 Å². The van der Waals surface area contributed by atoms with Crippen LogP contribution in [0.3, 0.4) is 0 Å². The van der Waals surface area contributed by atoms with Gasteiger partial charge in [0.1, 0.15) is 0 Å². The predicted molar refractivity (Wildman–Crippen MR) is 91.1 cm³/mol. The molecule has 0 saturated heterocycles. The molecule has 1 heterocycles. The molecule has 3 rings (SSSR count). The minimum atomic E-state index is -3.25. The number of anilines is 1. The van der Waals surface area contributed by atoms with Crippen LogP contribution >= 0.6 is 0 Å². The van der Waals surface area contributed by atoms with E-state index in [0.29, 0.717) is 11.3 Å². The summed E-state index contributed by atoms with van der Waals surface area (Å²) in [4.78, 5) is 14.5. The molecule has 0 spiro atoms. The van der Waals surface area contributed by atoms with Crippen molar-refractivity contribution in [1.82, 2.24) is 0 Å². The van der Waals surface area contributed by atoms with Crippen molar-refractivity contribution in [3.63, 3.8) is 0 Å². The zero-order valence-corrected chi connectivity index (χ0v) is 13.5. The maximum atomic E-state index is 13.0. The van der Waals surface area contributed by atoms with Gasteiger partial charge in [-0.25, -0.2) is 8.42 Å². The standard InChI is InChI=1S/C18H17NO3S/c1-14-6-5-9-16(12-14)19(17-10-11-23(21,22)13-17)18(20)15-7-3-2-4-8-15/h2-12,17H,13H2,1H3/t17-/m1/s1. The zero-order chi connectivity index (χ0) is 16.4. The Morgan fingerprint density at radius 1 is 1.09 bits per heavy atom. The fraction of sp³-hybridized carbons (Fsp3) is 0.167. The van der Waals surface area contributed by atoms with Crippen molar-refractivity contribution in [3.05, 3.63) is 77.2 Å². The first-order valence-electron chi connectivity index (χ1n) is 7.32. The normalized spacial score (nSPS) is 18.7. The molecule has 23 heavy (non-hydrogen) atoms. The third-order valence-electron chi connectivity index (χ3n) is 3.76. The van der Waals surface area contributed by atoms with E-state index in [1.54, 1.807) is 35.2 Å². The van der Waals surface area contributed by atoms with Gasteiger partial charge in [0.2, 0.25) is 0 Å². The number of aryl methyl sites for hydroxylation is 1. The number of rotatable bonds is 3. The summed E-state index contributed by atoms with van der Waals surface area (Å²) in [5.41, 5.74) is 2.25. The summed E-state index contributed by atoms with van der Waals surface area (Å²) < 4.78 is 23.6. The maximum Gasteiger partial charge on any atom is 0.258 e. The number of sulfone groups is 1. The molecule has 1 aliphatic rings. The van der Waals surface area contributed by atoms with Gasteiger partial charge >= 0.3 is 0 Å². The van der Waals surface area contributed by atoms with E-state index < -0.39 is 15.9 Å². The number of hydrogen-bond acceptors (Lipinski definition) is 3. The Balaban J connectivity index is 2.04. The lowest BCUT2D eigenvalue weighted by Crippen LogP contribution is -2.41. The molecule has 1 aliphatic heterocycles. The van der Waals surface area contributed by atoms with Gasteiger partial charge in [0.15, 0.2) is 9.84 Å². The number of amides is 1. The quantitative estimate of drug-likeness (QED) is 0.871. The van der Waals surface area contributed by atoms with Crippen LogP contribution in [0.5, 0.6) is 0 Å². The van der Waals surface area contributed by atoms with Crippen LogP contribution in [0.1, 0.15) is 15.9 Å². The lowest BCUT2D eigenvalue weighted by atomic mass is 10.1. The Hall–Kier alpha value is -2.40. The molecule has 0 radical (unpaired) electrons. The molecule has 0 fully saturated rings. The molecule has 2 aromatic rings. The number of benzene rings is 2. The number of hydrogen-bond donors (Lipinski definition) is 0. The molecule has 0 N–H and O–H groups in total. The van der Waals surface area contributed by atoms with Gasteiger partial charge in [0.25, 0.3) is 5.91 Å². The van der Waals surface area contributed by atoms with Crippen LogP contribution in [-0.2, 0) is 9.84 Å². The second kappa shape index (κ2) is 6.01. The van der Waals surface area contributed by atoms with Gasteiger partial charge in [-0.3, -0.25) is 4.79 Å². The molecular weight excluding hydrogens is 310 g/mol. The molecule has 118 valence electrons. The van der Waals surface area contributed by atoms with E-state index in [0.717, 1.165) is 5.56 Å². The summed E-state index contributed by atoms with van der Waals surface area (Å²) in [5.74, 6) is -0.289. The maximum absolute atomic E-state index is 13.0. The average Bonchev–Trinajstić information content (AvgIpc) is 2.88. The van der Waals surface area contributed by atoms with Crippen molar-refractivity contribution in [2.45, 2.75) is 13.0 Å².